The van der Waals surface area contributed by atoms with Crippen LogP contribution >= 0.6 is 0 Å². The van der Waals surface area contributed by atoms with Gasteiger partial charge < -0.3 is 9.80 Å². The van der Waals surface area contributed by atoms with Gasteiger partial charge in [-0.15, -0.1) is 0 Å². The van der Waals surface area contributed by atoms with Crippen LogP contribution in [0.25, 0.3) is 43.1 Å². The fourth-order valence-electron chi connectivity index (χ4n) is 16.9. The summed E-state index contributed by atoms with van der Waals surface area (Å²) in [4.78, 5) is 4.97. The fourth-order valence-corrected chi connectivity index (χ4v) is 16.9. The summed E-state index contributed by atoms with van der Waals surface area (Å²) in [6.45, 7) is 9.45. The molecular weight excluding hydrogens is 1230 g/mol. The Bertz CT molecular complexity index is 4930. The van der Waals surface area contributed by atoms with Crippen molar-refractivity contribution in [2.24, 2.45) is 0 Å². The molecule has 17 aromatic rings. The van der Waals surface area contributed by atoms with Crippen molar-refractivity contribution in [1.29, 1.82) is 0 Å². The molecule has 0 spiro atoms. The maximum absolute atomic E-state index is 2.49. The summed E-state index contributed by atoms with van der Waals surface area (Å²) in [6.07, 6.45) is 0. The van der Waals surface area contributed by atoms with Crippen molar-refractivity contribution < 1.29 is 0 Å². The van der Waals surface area contributed by atoms with E-state index in [1.54, 1.807) is 0 Å². The van der Waals surface area contributed by atoms with Crippen LogP contribution in [0.2, 0.25) is 0 Å². The Morgan fingerprint density at radius 1 is 0.147 bits per heavy atom. The topological polar surface area (TPSA) is 6.48 Å². The van der Waals surface area contributed by atoms with Gasteiger partial charge in [0.15, 0.2) is 0 Å². The maximum Gasteiger partial charge on any atom is 0.0540 e. The van der Waals surface area contributed by atoms with E-state index >= 15 is 0 Å². The van der Waals surface area contributed by atoms with Crippen LogP contribution < -0.4 is 9.80 Å². The van der Waals surface area contributed by atoms with Gasteiger partial charge in [-0.3, -0.25) is 0 Å². The van der Waals surface area contributed by atoms with Gasteiger partial charge in [-0.2, -0.15) is 0 Å². The van der Waals surface area contributed by atoms with Crippen molar-refractivity contribution in [1.82, 2.24) is 0 Å². The van der Waals surface area contributed by atoms with Gasteiger partial charge in [0.25, 0.3) is 0 Å². The SMILES string of the molecule is CC(c1ccccc1)(c1ccccc1)c1ccc(N(c2ccc(C(C)(c3ccccc3)c3ccccc3)cc2)c2ccc3c4cccc5c(N(c6ccc(C(C)(c7ccccc7)c7ccccc7)cc6)c6ccc(C(C)(c7ccccc7)c7ccccc7)cc6)ccc(c6cccc2c63)c54)cc1. The third-order valence-electron chi connectivity index (χ3n) is 22.7. The quantitative estimate of drug-likeness (QED) is 0.0480. The summed E-state index contributed by atoms with van der Waals surface area (Å²) in [6, 6.07) is 148. The highest BCUT2D eigenvalue weighted by Gasteiger charge is 2.36. The molecule has 17 rings (SSSR count). The van der Waals surface area contributed by atoms with Gasteiger partial charge in [0.1, 0.15) is 0 Å². The monoisotopic (exact) mass is 1310 g/mol. The number of hydrogen-bond donors (Lipinski definition) is 0. The second kappa shape index (κ2) is 26.1. The molecule has 0 saturated heterocycles. The molecule has 0 aromatic heterocycles. The van der Waals surface area contributed by atoms with Crippen LogP contribution in [0.4, 0.5) is 34.1 Å². The van der Waals surface area contributed by atoms with Crippen molar-refractivity contribution in [3.63, 3.8) is 0 Å². The van der Waals surface area contributed by atoms with Crippen molar-refractivity contribution in [3.8, 4) is 0 Å². The largest absolute Gasteiger partial charge is 0.310 e. The molecular formula is C100H78N2. The Morgan fingerprint density at radius 3 is 0.510 bits per heavy atom. The van der Waals surface area contributed by atoms with Crippen LogP contribution in [-0.4, -0.2) is 0 Å². The molecule has 0 amide bonds. The number of nitrogens with zero attached hydrogens (tertiary/aromatic N) is 2. The number of rotatable bonds is 18. The highest BCUT2D eigenvalue weighted by Crippen LogP contribution is 2.52. The molecule has 17 aromatic carbocycles. The van der Waals surface area contributed by atoms with Crippen LogP contribution in [0.5, 0.6) is 0 Å². The molecule has 2 heteroatoms. The molecule has 0 fully saturated rings. The first-order valence-electron chi connectivity index (χ1n) is 35.7. The molecule has 0 aliphatic rings. The van der Waals surface area contributed by atoms with Gasteiger partial charge in [0.05, 0.1) is 11.4 Å². The lowest BCUT2D eigenvalue weighted by atomic mass is 9.71. The van der Waals surface area contributed by atoms with E-state index in [9.17, 15) is 0 Å². The van der Waals surface area contributed by atoms with Crippen LogP contribution in [0.3, 0.4) is 0 Å². The summed E-state index contributed by atoms with van der Waals surface area (Å²) in [5, 5.41) is 9.72. The Morgan fingerprint density at radius 2 is 0.314 bits per heavy atom. The third kappa shape index (κ3) is 10.6. The first-order chi connectivity index (χ1) is 50.1. The van der Waals surface area contributed by atoms with Crippen LogP contribution in [0, 0.1) is 0 Å². The fraction of sp³-hybridized carbons (Fsp3) is 0.0800. The van der Waals surface area contributed by atoms with Gasteiger partial charge in [-0.05, 0) is 187 Å². The molecule has 0 N–H and O–H groups in total. The smallest absolute Gasteiger partial charge is 0.0540 e. The van der Waals surface area contributed by atoms with Gasteiger partial charge in [0, 0.05) is 55.2 Å². The molecule has 0 saturated carbocycles. The third-order valence-corrected chi connectivity index (χ3v) is 22.7. The van der Waals surface area contributed by atoms with Crippen molar-refractivity contribution >= 4 is 77.2 Å². The minimum atomic E-state index is -0.409. The molecule has 488 valence electrons. The summed E-state index contributed by atoms with van der Waals surface area (Å²) in [5.74, 6) is 0. The van der Waals surface area contributed by atoms with Gasteiger partial charge in [0.2, 0.25) is 0 Å². The second-order valence-electron chi connectivity index (χ2n) is 28.0. The van der Waals surface area contributed by atoms with Crippen molar-refractivity contribution in [2.75, 3.05) is 9.80 Å². The number of benzene rings is 17. The van der Waals surface area contributed by atoms with Crippen LogP contribution in [-0.2, 0) is 21.7 Å². The van der Waals surface area contributed by atoms with E-state index in [4.69, 9.17) is 0 Å². The van der Waals surface area contributed by atoms with E-state index in [0.29, 0.717) is 0 Å². The average molecular weight is 1310 g/mol. The summed E-state index contributed by atoms with van der Waals surface area (Å²) in [5.41, 5.74) is 19.7. The summed E-state index contributed by atoms with van der Waals surface area (Å²) >= 11 is 0. The Balaban J connectivity index is 0.837. The van der Waals surface area contributed by atoms with Crippen LogP contribution in [0.15, 0.2) is 400 Å². The molecule has 0 bridgehead atoms. The molecule has 0 heterocycles. The normalized spacial score (nSPS) is 12.1. The van der Waals surface area contributed by atoms with Gasteiger partial charge >= 0.3 is 0 Å². The second-order valence-corrected chi connectivity index (χ2v) is 28.0. The summed E-state index contributed by atoms with van der Waals surface area (Å²) < 4.78 is 0. The van der Waals surface area contributed by atoms with E-state index in [-0.39, 0.29) is 0 Å². The molecule has 0 aliphatic carbocycles. The zero-order chi connectivity index (χ0) is 68.8. The van der Waals surface area contributed by atoms with E-state index in [1.807, 2.05) is 0 Å². The standard InChI is InChI=1S/C100H78N2/c1-97(71-31-13-5-14-32-71,72-33-15-6-16-34-72)79-51-59-83(60-52-79)101(84-61-53-80(54-62-84)98(2,73-35-17-7-18-36-73)74-37-19-8-20-38-74)93-69-67-89-88-48-30-50-92-94(70-68-90(96(88)92)87-47-29-49-91(93)95(87)89)102(85-63-55-81(56-64-85)99(3,75-39-21-9-22-40-75)76-41-23-10-24-42-76)86-65-57-82(58-66-86)100(4,77-43-25-11-26-44-77)78-45-27-12-28-46-78/h5-70H,1-4H3. The number of hydrogen-bond acceptors (Lipinski definition) is 2. The lowest BCUT2D eigenvalue weighted by Gasteiger charge is -2.34. The van der Waals surface area contributed by atoms with Gasteiger partial charge in [-0.25, -0.2) is 0 Å². The highest BCUT2D eigenvalue weighted by atomic mass is 15.1. The minimum absolute atomic E-state index is 0.409. The van der Waals surface area contributed by atoms with E-state index in [2.05, 4.69) is 438 Å². The van der Waals surface area contributed by atoms with Crippen molar-refractivity contribution in [3.05, 3.63) is 467 Å². The number of anilines is 6. The Kier molecular flexibility index (Phi) is 16.1. The highest BCUT2D eigenvalue weighted by molar-refractivity contribution is 6.35. The van der Waals surface area contributed by atoms with Crippen LogP contribution in [0.1, 0.15) is 94.5 Å². The van der Waals surface area contributed by atoms with Crippen molar-refractivity contribution in [2.45, 2.75) is 49.4 Å². The van der Waals surface area contributed by atoms with E-state index in [1.165, 1.54) is 110 Å². The number of fused-ring (bicyclic) bond motifs is 2. The average Bonchev–Trinajstić information content (AvgIpc) is 0.709. The molecule has 2 nitrogen and oxygen atoms in total. The van der Waals surface area contributed by atoms with Gasteiger partial charge in [-0.1, -0.05) is 340 Å². The maximum atomic E-state index is 2.49. The lowest BCUT2D eigenvalue weighted by Crippen LogP contribution is -2.25. The molecule has 0 atom stereocenters. The predicted octanol–water partition coefficient (Wildman–Crippen LogP) is 26.1. The first-order valence-corrected chi connectivity index (χ1v) is 35.7. The minimum Gasteiger partial charge on any atom is -0.310 e. The first kappa shape index (κ1) is 63.1. The lowest BCUT2D eigenvalue weighted by molar-refractivity contribution is 0.692. The van der Waals surface area contributed by atoms with E-state index in [0.717, 1.165) is 34.1 Å². The zero-order valence-corrected chi connectivity index (χ0v) is 58.0. The molecule has 102 heavy (non-hydrogen) atoms. The predicted molar refractivity (Wildman–Crippen MR) is 431 cm³/mol. The summed E-state index contributed by atoms with van der Waals surface area (Å²) in [7, 11) is 0. The molecule has 0 aliphatic heterocycles. The van der Waals surface area contributed by atoms with E-state index < -0.39 is 21.7 Å². The zero-order valence-electron chi connectivity index (χ0n) is 58.0. The molecule has 0 radical (unpaired) electrons. The Labute approximate surface area is 599 Å². The molecule has 0 unspecified atom stereocenters. The Hall–Kier alpha value is -12.4.